The lowest BCUT2D eigenvalue weighted by Gasteiger charge is -2.24. The van der Waals surface area contributed by atoms with Crippen molar-refractivity contribution in [1.82, 2.24) is 4.90 Å². The summed E-state index contributed by atoms with van der Waals surface area (Å²) in [5, 5.41) is 0. The topological polar surface area (TPSA) is 101 Å². The molecule has 3 amide bonds. The Morgan fingerprint density at radius 1 is 0.844 bits per heavy atom. The summed E-state index contributed by atoms with van der Waals surface area (Å²) >= 11 is 0. The summed E-state index contributed by atoms with van der Waals surface area (Å²) < 4.78 is 32.4. The second kappa shape index (κ2) is 8.27. The highest BCUT2D eigenvalue weighted by atomic mass is 32.2. The molecule has 0 radical (unpaired) electrons. The second-order valence-electron chi connectivity index (χ2n) is 6.92. The predicted octanol–water partition coefficient (Wildman–Crippen LogP) is 2.71. The van der Waals surface area contributed by atoms with Gasteiger partial charge in [-0.05, 0) is 48.5 Å². The second-order valence-corrected chi connectivity index (χ2v) is 8.70. The van der Waals surface area contributed by atoms with Gasteiger partial charge in [0, 0.05) is 0 Å². The van der Waals surface area contributed by atoms with Gasteiger partial charge < -0.3 is 4.74 Å². The van der Waals surface area contributed by atoms with E-state index in [1.54, 1.807) is 18.2 Å². The van der Waals surface area contributed by atoms with Crippen molar-refractivity contribution >= 4 is 33.4 Å². The Balaban J connectivity index is 1.73. The van der Waals surface area contributed by atoms with Gasteiger partial charge in [0.05, 0.1) is 28.8 Å². The summed E-state index contributed by atoms with van der Waals surface area (Å²) in [4.78, 5) is 39.3. The van der Waals surface area contributed by atoms with E-state index in [1.807, 2.05) is 0 Å². The number of ether oxygens (including phenoxy) is 1. The van der Waals surface area contributed by atoms with Gasteiger partial charge in [-0.25, -0.2) is 12.7 Å². The van der Waals surface area contributed by atoms with E-state index < -0.39 is 34.3 Å². The van der Waals surface area contributed by atoms with E-state index in [9.17, 15) is 22.8 Å². The maximum absolute atomic E-state index is 13.4. The lowest BCUT2D eigenvalue weighted by molar-refractivity contribution is -0.117. The Hall–Kier alpha value is -3.98. The predicted molar refractivity (Wildman–Crippen MR) is 116 cm³/mol. The number of carbonyl (C=O) groups is 3. The van der Waals surface area contributed by atoms with E-state index in [4.69, 9.17) is 4.74 Å². The molecule has 0 spiro atoms. The molecule has 0 N–H and O–H groups in total. The van der Waals surface area contributed by atoms with Crippen molar-refractivity contribution in [3.8, 4) is 5.75 Å². The standard InChI is InChI=1S/C23H18N2O6S/c1-31-17-13-11-16(12-14-17)25(32(29,30)18-7-3-2-4-8-18)21(26)15-24-22(27)19-9-5-6-10-20(19)23(24)28/h2-14H,15H2,1H3. The fourth-order valence-corrected chi connectivity index (χ4v) is 4.85. The zero-order valence-corrected chi connectivity index (χ0v) is 17.8. The molecule has 162 valence electrons. The number of sulfonamides is 1. The Morgan fingerprint density at radius 2 is 1.38 bits per heavy atom. The minimum absolute atomic E-state index is 0.0521. The maximum atomic E-state index is 13.4. The first kappa shape index (κ1) is 21.3. The monoisotopic (exact) mass is 450 g/mol. The SMILES string of the molecule is COc1ccc(N(C(=O)CN2C(=O)c3ccccc3C2=O)S(=O)(=O)c2ccccc2)cc1. The first-order valence-electron chi connectivity index (χ1n) is 9.57. The molecule has 0 saturated heterocycles. The van der Waals surface area contributed by atoms with Crippen LogP contribution in [0.25, 0.3) is 0 Å². The third-order valence-electron chi connectivity index (χ3n) is 4.99. The smallest absolute Gasteiger partial charge is 0.270 e. The maximum Gasteiger partial charge on any atom is 0.270 e. The number of fused-ring (bicyclic) bond motifs is 1. The van der Waals surface area contributed by atoms with Gasteiger partial charge in [-0.2, -0.15) is 0 Å². The van der Waals surface area contributed by atoms with Crippen molar-refractivity contribution < 1.29 is 27.5 Å². The summed E-state index contributed by atoms with van der Waals surface area (Å²) in [7, 11) is -2.86. The normalized spacial score (nSPS) is 13.1. The van der Waals surface area contributed by atoms with Crippen molar-refractivity contribution in [2.24, 2.45) is 0 Å². The summed E-state index contributed by atoms with van der Waals surface area (Å²) in [5.41, 5.74) is 0.399. The molecular weight excluding hydrogens is 432 g/mol. The molecule has 4 rings (SSSR count). The molecule has 3 aromatic carbocycles. The highest BCUT2D eigenvalue weighted by Gasteiger charge is 2.39. The lowest BCUT2D eigenvalue weighted by atomic mass is 10.1. The molecule has 8 nitrogen and oxygen atoms in total. The number of methoxy groups -OCH3 is 1. The van der Waals surface area contributed by atoms with Crippen LogP contribution in [0.15, 0.2) is 83.8 Å². The molecule has 1 heterocycles. The van der Waals surface area contributed by atoms with Gasteiger partial charge in [0.1, 0.15) is 12.3 Å². The van der Waals surface area contributed by atoms with Gasteiger partial charge in [0.15, 0.2) is 0 Å². The van der Waals surface area contributed by atoms with Crippen LogP contribution in [-0.4, -0.2) is 44.7 Å². The van der Waals surface area contributed by atoms with E-state index in [2.05, 4.69) is 0 Å². The molecule has 1 aliphatic rings. The highest BCUT2D eigenvalue weighted by molar-refractivity contribution is 7.93. The minimum atomic E-state index is -4.32. The molecule has 3 aromatic rings. The Kier molecular flexibility index (Phi) is 5.50. The van der Waals surface area contributed by atoms with Crippen LogP contribution < -0.4 is 9.04 Å². The largest absolute Gasteiger partial charge is 0.497 e. The molecule has 0 saturated carbocycles. The summed E-state index contributed by atoms with van der Waals surface area (Å²) in [5.74, 6) is -1.77. The molecule has 1 aliphatic heterocycles. The third kappa shape index (κ3) is 3.63. The quantitative estimate of drug-likeness (QED) is 0.535. The zero-order chi connectivity index (χ0) is 22.9. The van der Waals surface area contributed by atoms with Gasteiger partial charge in [0.2, 0.25) is 0 Å². The number of imide groups is 1. The fourth-order valence-electron chi connectivity index (χ4n) is 3.41. The summed E-state index contributed by atoms with van der Waals surface area (Å²) in [6.45, 7) is -0.732. The van der Waals surface area contributed by atoms with E-state index in [0.29, 0.717) is 10.1 Å². The molecule has 9 heteroatoms. The molecule has 0 aromatic heterocycles. The van der Waals surface area contributed by atoms with Gasteiger partial charge in [-0.1, -0.05) is 30.3 Å². The third-order valence-corrected chi connectivity index (χ3v) is 6.75. The number of carbonyl (C=O) groups excluding carboxylic acids is 3. The summed E-state index contributed by atoms with van der Waals surface area (Å²) in [6.07, 6.45) is 0. The Morgan fingerprint density at radius 3 is 1.91 bits per heavy atom. The number of hydrogen-bond acceptors (Lipinski definition) is 6. The van der Waals surface area contributed by atoms with E-state index in [1.165, 1.54) is 67.8 Å². The number of anilines is 1. The van der Waals surface area contributed by atoms with Gasteiger partial charge in [-0.3, -0.25) is 19.3 Å². The van der Waals surface area contributed by atoms with E-state index in [0.717, 1.165) is 4.90 Å². The average Bonchev–Trinajstić information content (AvgIpc) is 3.05. The Bertz CT molecular complexity index is 1270. The van der Waals surface area contributed by atoms with Crippen LogP contribution in [0, 0.1) is 0 Å². The van der Waals surface area contributed by atoms with Crippen molar-refractivity contribution in [1.29, 1.82) is 0 Å². The average molecular weight is 450 g/mol. The van der Waals surface area contributed by atoms with Crippen LogP contribution in [-0.2, 0) is 14.8 Å². The molecule has 0 fully saturated rings. The van der Waals surface area contributed by atoms with Gasteiger partial charge in [0.25, 0.3) is 27.7 Å². The van der Waals surface area contributed by atoms with Crippen LogP contribution in [0.3, 0.4) is 0 Å². The number of benzene rings is 3. The molecule has 0 unspecified atom stereocenters. The van der Waals surface area contributed by atoms with Crippen molar-refractivity contribution in [2.75, 3.05) is 18.0 Å². The molecular formula is C23H18N2O6S. The lowest BCUT2D eigenvalue weighted by Crippen LogP contribution is -2.45. The highest BCUT2D eigenvalue weighted by Crippen LogP contribution is 2.28. The van der Waals surface area contributed by atoms with Crippen LogP contribution in [0.5, 0.6) is 5.75 Å². The van der Waals surface area contributed by atoms with Gasteiger partial charge in [-0.15, -0.1) is 0 Å². The number of rotatable bonds is 6. The molecule has 0 aliphatic carbocycles. The number of nitrogens with zero attached hydrogens (tertiary/aromatic N) is 2. The minimum Gasteiger partial charge on any atom is -0.497 e. The summed E-state index contributed by atoms with van der Waals surface area (Å²) in [6, 6.07) is 19.5. The van der Waals surface area contributed by atoms with Crippen LogP contribution in [0.1, 0.15) is 20.7 Å². The van der Waals surface area contributed by atoms with Crippen molar-refractivity contribution in [3.63, 3.8) is 0 Å². The molecule has 0 atom stereocenters. The first-order chi connectivity index (χ1) is 15.3. The van der Waals surface area contributed by atoms with Crippen LogP contribution in [0.2, 0.25) is 0 Å². The van der Waals surface area contributed by atoms with E-state index in [-0.39, 0.29) is 21.7 Å². The molecule has 32 heavy (non-hydrogen) atoms. The Labute approximate surface area is 184 Å². The first-order valence-corrected chi connectivity index (χ1v) is 11.0. The fraction of sp³-hybridized carbons (Fsp3) is 0.0870. The molecule has 0 bridgehead atoms. The van der Waals surface area contributed by atoms with Crippen LogP contribution in [0.4, 0.5) is 5.69 Å². The van der Waals surface area contributed by atoms with Crippen molar-refractivity contribution in [3.05, 3.63) is 90.0 Å². The van der Waals surface area contributed by atoms with Crippen LogP contribution >= 0.6 is 0 Å². The van der Waals surface area contributed by atoms with Gasteiger partial charge >= 0.3 is 0 Å². The number of hydrogen-bond donors (Lipinski definition) is 0. The van der Waals surface area contributed by atoms with E-state index >= 15 is 0 Å². The zero-order valence-electron chi connectivity index (χ0n) is 17.0. The van der Waals surface area contributed by atoms with Crippen molar-refractivity contribution in [2.45, 2.75) is 4.90 Å². The number of amides is 3.